The Hall–Kier alpha value is -3.33. The zero-order chi connectivity index (χ0) is 27.0. The molecule has 200 valence electrons. The van der Waals surface area contributed by atoms with Gasteiger partial charge in [-0.1, -0.05) is 44.2 Å². The predicted molar refractivity (Wildman–Crippen MR) is 140 cm³/mol. The lowest BCUT2D eigenvalue weighted by molar-refractivity contribution is -0.137. The van der Waals surface area contributed by atoms with Crippen LogP contribution in [0.25, 0.3) is 0 Å². The standard InChI is InChI=1S/C28H35F3N4O2/c1-4-9-20(3)34-16-14-24(15-17-34)35(19-21-10-6-7-13-25(21)33-26(36)5-2)27(37)32-23-12-8-11-22(18-23)28(29,30)31/h5-8,10-13,18,20,24H,2,4,9,14-17,19H2,1,3H3,(H,32,37)(H,33,36). The molecular weight excluding hydrogens is 481 g/mol. The number of para-hydroxylation sites is 1. The summed E-state index contributed by atoms with van der Waals surface area (Å²) in [5.74, 6) is -0.370. The molecule has 0 aromatic heterocycles. The molecule has 2 N–H and O–H groups in total. The monoisotopic (exact) mass is 516 g/mol. The lowest BCUT2D eigenvalue weighted by atomic mass is 9.99. The molecule has 2 aromatic carbocycles. The first-order valence-electron chi connectivity index (χ1n) is 12.6. The van der Waals surface area contributed by atoms with Crippen LogP contribution in [0.3, 0.4) is 0 Å². The Morgan fingerprint density at radius 1 is 1.14 bits per heavy atom. The van der Waals surface area contributed by atoms with Gasteiger partial charge in [0.15, 0.2) is 0 Å². The molecule has 37 heavy (non-hydrogen) atoms. The highest BCUT2D eigenvalue weighted by Gasteiger charge is 2.32. The van der Waals surface area contributed by atoms with Gasteiger partial charge in [-0.05, 0) is 62.1 Å². The number of hydrogen-bond donors (Lipinski definition) is 2. The number of amides is 3. The second kappa shape index (κ2) is 12.8. The van der Waals surface area contributed by atoms with Gasteiger partial charge in [-0.15, -0.1) is 0 Å². The Morgan fingerprint density at radius 2 is 1.84 bits per heavy atom. The van der Waals surface area contributed by atoms with E-state index in [0.717, 1.165) is 56.5 Å². The minimum atomic E-state index is -4.51. The van der Waals surface area contributed by atoms with E-state index in [0.29, 0.717) is 11.7 Å². The number of likely N-dealkylation sites (tertiary alicyclic amines) is 1. The smallest absolute Gasteiger partial charge is 0.322 e. The van der Waals surface area contributed by atoms with Crippen LogP contribution in [-0.4, -0.2) is 46.9 Å². The first kappa shape index (κ1) is 28.2. The van der Waals surface area contributed by atoms with Crippen LogP contribution >= 0.6 is 0 Å². The summed E-state index contributed by atoms with van der Waals surface area (Å²) in [4.78, 5) is 29.5. The third-order valence-corrected chi connectivity index (χ3v) is 6.77. The molecule has 1 atom stereocenters. The number of nitrogens with zero attached hydrogens (tertiary/aromatic N) is 2. The highest BCUT2D eigenvalue weighted by Crippen LogP contribution is 2.31. The average molecular weight is 517 g/mol. The van der Waals surface area contributed by atoms with Crippen LogP contribution in [0.15, 0.2) is 61.2 Å². The molecule has 9 heteroatoms. The van der Waals surface area contributed by atoms with Gasteiger partial charge in [-0.2, -0.15) is 13.2 Å². The minimum absolute atomic E-state index is 0.0760. The van der Waals surface area contributed by atoms with Crippen molar-refractivity contribution in [2.75, 3.05) is 23.7 Å². The summed E-state index contributed by atoms with van der Waals surface area (Å²) in [6.45, 7) is 9.69. The molecular formula is C28H35F3N4O2. The third-order valence-electron chi connectivity index (χ3n) is 6.77. The Balaban J connectivity index is 1.84. The number of benzene rings is 2. The summed E-state index contributed by atoms with van der Waals surface area (Å²) in [6, 6.07) is 11.6. The van der Waals surface area contributed by atoms with E-state index in [9.17, 15) is 22.8 Å². The maximum absolute atomic E-state index is 13.5. The van der Waals surface area contributed by atoms with Gasteiger partial charge in [-0.3, -0.25) is 4.79 Å². The summed E-state index contributed by atoms with van der Waals surface area (Å²) in [7, 11) is 0. The molecule has 1 unspecified atom stereocenters. The van der Waals surface area contributed by atoms with E-state index in [2.05, 4.69) is 36.0 Å². The molecule has 1 aliphatic rings. The van der Waals surface area contributed by atoms with Crippen LogP contribution in [0, 0.1) is 0 Å². The molecule has 0 radical (unpaired) electrons. The van der Waals surface area contributed by atoms with E-state index in [-0.39, 0.29) is 24.2 Å². The predicted octanol–water partition coefficient (Wildman–Crippen LogP) is 6.52. The normalized spacial score (nSPS) is 15.6. The van der Waals surface area contributed by atoms with E-state index in [1.807, 2.05) is 12.1 Å². The zero-order valence-corrected chi connectivity index (χ0v) is 21.4. The number of urea groups is 1. The summed E-state index contributed by atoms with van der Waals surface area (Å²) in [5, 5.41) is 5.44. The summed E-state index contributed by atoms with van der Waals surface area (Å²) in [5.41, 5.74) is 0.525. The van der Waals surface area contributed by atoms with Crippen LogP contribution in [-0.2, 0) is 17.5 Å². The lowest BCUT2D eigenvalue weighted by Gasteiger charge is -2.41. The van der Waals surface area contributed by atoms with Crippen LogP contribution in [0.5, 0.6) is 0 Å². The molecule has 3 amide bonds. The summed E-state index contributed by atoms with van der Waals surface area (Å²) < 4.78 is 39.6. The van der Waals surface area contributed by atoms with Crippen molar-refractivity contribution < 1.29 is 22.8 Å². The first-order valence-corrected chi connectivity index (χ1v) is 12.6. The van der Waals surface area contributed by atoms with Crippen LogP contribution < -0.4 is 10.6 Å². The van der Waals surface area contributed by atoms with Crippen LogP contribution in [0.2, 0.25) is 0 Å². The van der Waals surface area contributed by atoms with Crippen molar-refractivity contribution in [3.8, 4) is 0 Å². The molecule has 1 saturated heterocycles. The van der Waals surface area contributed by atoms with Gasteiger partial charge in [0, 0.05) is 43.1 Å². The van der Waals surface area contributed by atoms with Gasteiger partial charge in [0.25, 0.3) is 0 Å². The Kier molecular flexibility index (Phi) is 9.74. The highest BCUT2D eigenvalue weighted by molar-refractivity contribution is 5.99. The summed E-state index contributed by atoms with van der Waals surface area (Å²) in [6.07, 6.45) is 0.337. The number of alkyl halides is 3. The SMILES string of the molecule is C=CC(=O)Nc1ccccc1CN(C(=O)Nc1cccc(C(F)(F)F)c1)C1CCN(C(C)CCC)CC1. The molecule has 3 rings (SSSR count). The number of nitrogens with one attached hydrogen (secondary N) is 2. The van der Waals surface area contributed by atoms with Gasteiger partial charge < -0.3 is 20.4 Å². The fraction of sp³-hybridized carbons (Fsp3) is 0.429. The molecule has 1 aliphatic heterocycles. The largest absolute Gasteiger partial charge is 0.416 e. The van der Waals surface area contributed by atoms with Gasteiger partial charge in [-0.25, -0.2) is 4.79 Å². The Bertz CT molecular complexity index is 1080. The fourth-order valence-electron chi connectivity index (χ4n) is 4.72. The zero-order valence-electron chi connectivity index (χ0n) is 21.4. The fourth-order valence-corrected chi connectivity index (χ4v) is 4.72. The highest BCUT2D eigenvalue weighted by atomic mass is 19.4. The van der Waals surface area contributed by atoms with Crippen molar-refractivity contribution >= 4 is 23.3 Å². The second-order valence-corrected chi connectivity index (χ2v) is 9.39. The van der Waals surface area contributed by atoms with Gasteiger partial charge in [0.2, 0.25) is 5.91 Å². The van der Waals surface area contributed by atoms with E-state index in [1.54, 1.807) is 17.0 Å². The number of hydrogen-bond acceptors (Lipinski definition) is 3. The number of rotatable bonds is 9. The average Bonchev–Trinajstić information content (AvgIpc) is 2.88. The maximum Gasteiger partial charge on any atom is 0.416 e. The second-order valence-electron chi connectivity index (χ2n) is 9.39. The van der Waals surface area contributed by atoms with Crippen molar-refractivity contribution in [1.29, 1.82) is 0 Å². The molecule has 6 nitrogen and oxygen atoms in total. The van der Waals surface area contributed by atoms with E-state index in [4.69, 9.17) is 0 Å². The number of piperidine rings is 1. The van der Waals surface area contributed by atoms with Crippen molar-refractivity contribution in [2.45, 2.75) is 64.3 Å². The third kappa shape index (κ3) is 7.82. The van der Waals surface area contributed by atoms with E-state index >= 15 is 0 Å². The molecule has 1 heterocycles. The summed E-state index contributed by atoms with van der Waals surface area (Å²) >= 11 is 0. The van der Waals surface area contributed by atoms with Crippen molar-refractivity contribution in [2.24, 2.45) is 0 Å². The number of carbonyl (C=O) groups is 2. The maximum atomic E-state index is 13.5. The van der Waals surface area contributed by atoms with Crippen molar-refractivity contribution in [3.63, 3.8) is 0 Å². The number of carbonyl (C=O) groups excluding carboxylic acids is 2. The van der Waals surface area contributed by atoms with E-state index < -0.39 is 17.8 Å². The van der Waals surface area contributed by atoms with Crippen LogP contribution in [0.1, 0.15) is 50.7 Å². The van der Waals surface area contributed by atoms with Crippen molar-refractivity contribution in [3.05, 3.63) is 72.3 Å². The molecule has 2 aromatic rings. The molecule has 0 spiro atoms. The lowest BCUT2D eigenvalue weighted by Crippen LogP contribution is -2.50. The number of halogens is 3. The molecule has 1 fully saturated rings. The quantitative estimate of drug-likeness (QED) is 0.373. The Morgan fingerprint density at radius 3 is 2.49 bits per heavy atom. The van der Waals surface area contributed by atoms with Gasteiger partial charge in [0.1, 0.15) is 0 Å². The van der Waals surface area contributed by atoms with Crippen LogP contribution in [0.4, 0.5) is 29.3 Å². The molecule has 0 aliphatic carbocycles. The topological polar surface area (TPSA) is 64.7 Å². The molecule has 0 bridgehead atoms. The van der Waals surface area contributed by atoms with Gasteiger partial charge in [0.05, 0.1) is 5.56 Å². The van der Waals surface area contributed by atoms with Gasteiger partial charge >= 0.3 is 12.2 Å². The first-order chi connectivity index (χ1) is 17.6. The van der Waals surface area contributed by atoms with Crippen molar-refractivity contribution in [1.82, 2.24) is 9.80 Å². The minimum Gasteiger partial charge on any atom is -0.322 e. The molecule has 0 saturated carbocycles. The Labute approximate surface area is 216 Å². The number of anilines is 2. The van der Waals surface area contributed by atoms with E-state index in [1.165, 1.54) is 18.2 Å².